The predicted molar refractivity (Wildman–Crippen MR) is 98.2 cm³/mol. The Morgan fingerprint density at radius 1 is 0.774 bits per heavy atom. The molecule has 160 valence electrons. The average Bonchev–Trinajstić information content (AvgIpc) is 3.17. The molecule has 2 aromatic carbocycles. The molecule has 0 spiro atoms. The smallest absolute Gasteiger partial charge is 0.342 e. The van der Waals surface area contributed by atoms with E-state index in [1.165, 1.54) is 36.4 Å². The highest BCUT2D eigenvalue weighted by molar-refractivity contribution is 7.91. The summed E-state index contributed by atoms with van der Waals surface area (Å²) < 4.78 is 46.1. The SMILES string of the molecule is CC(=O)OC1OC(=O)c2ccc(S(=O)(=O)c3ccc4c(c3)C(OC(C)=O)OC4=O)cc21. The number of fused-ring (bicyclic) bond motifs is 2. The van der Waals surface area contributed by atoms with Gasteiger partial charge in [-0.05, 0) is 36.4 Å². The summed E-state index contributed by atoms with van der Waals surface area (Å²) in [5.41, 5.74) is 0.346. The van der Waals surface area contributed by atoms with Gasteiger partial charge in [-0.2, -0.15) is 0 Å². The van der Waals surface area contributed by atoms with Crippen LogP contribution in [0.25, 0.3) is 0 Å². The fourth-order valence-corrected chi connectivity index (χ4v) is 4.57. The molecule has 0 amide bonds. The summed E-state index contributed by atoms with van der Waals surface area (Å²) in [6.07, 6.45) is -2.70. The number of esters is 4. The van der Waals surface area contributed by atoms with Crippen molar-refractivity contribution in [1.82, 2.24) is 0 Å². The Morgan fingerprint density at radius 3 is 1.52 bits per heavy atom. The lowest BCUT2D eigenvalue weighted by Gasteiger charge is -2.12. The van der Waals surface area contributed by atoms with Crippen molar-refractivity contribution in [3.63, 3.8) is 0 Å². The Balaban J connectivity index is 1.75. The van der Waals surface area contributed by atoms with Crippen molar-refractivity contribution in [3.05, 3.63) is 58.7 Å². The molecule has 0 saturated heterocycles. The van der Waals surface area contributed by atoms with Gasteiger partial charge in [-0.15, -0.1) is 0 Å². The molecule has 2 aromatic rings. The number of rotatable bonds is 4. The van der Waals surface area contributed by atoms with E-state index in [1.54, 1.807) is 0 Å². The van der Waals surface area contributed by atoms with Crippen LogP contribution in [0.4, 0.5) is 0 Å². The number of hydrogen-bond donors (Lipinski definition) is 0. The van der Waals surface area contributed by atoms with Crippen LogP contribution in [0.5, 0.6) is 0 Å². The van der Waals surface area contributed by atoms with Crippen LogP contribution in [-0.2, 0) is 38.4 Å². The maximum absolute atomic E-state index is 13.2. The number of cyclic esters (lactones) is 2. The fourth-order valence-electron chi connectivity index (χ4n) is 3.24. The normalized spacial score (nSPS) is 19.2. The van der Waals surface area contributed by atoms with Crippen LogP contribution in [0, 0.1) is 0 Å². The van der Waals surface area contributed by atoms with Crippen molar-refractivity contribution in [1.29, 1.82) is 0 Å². The Kier molecular flexibility index (Phi) is 4.77. The molecule has 0 bridgehead atoms. The van der Waals surface area contributed by atoms with Gasteiger partial charge < -0.3 is 18.9 Å². The van der Waals surface area contributed by atoms with Crippen LogP contribution in [0.1, 0.15) is 58.3 Å². The van der Waals surface area contributed by atoms with E-state index < -0.39 is 46.3 Å². The van der Waals surface area contributed by atoms with Gasteiger partial charge in [0.2, 0.25) is 9.84 Å². The third-order valence-electron chi connectivity index (χ3n) is 4.59. The van der Waals surface area contributed by atoms with E-state index in [-0.39, 0.29) is 32.0 Å². The molecule has 2 aliphatic heterocycles. The van der Waals surface area contributed by atoms with Crippen molar-refractivity contribution in [3.8, 4) is 0 Å². The van der Waals surface area contributed by atoms with Crippen molar-refractivity contribution >= 4 is 33.7 Å². The van der Waals surface area contributed by atoms with Gasteiger partial charge in [-0.3, -0.25) is 9.59 Å². The van der Waals surface area contributed by atoms with Gasteiger partial charge in [0.15, 0.2) is 0 Å². The summed E-state index contributed by atoms with van der Waals surface area (Å²) in [6, 6.07) is 7.31. The molecule has 0 fully saturated rings. The monoisotopic (exact) mass is 446 g/mol. The second-order valence-corrected chi connectivity index (χ2v) is 8.64. The number of benzene rings is 2. The fraction of sp³-hybridized carbons (Fsp3) is 0.200. The topological polar surface area (TPSA) is 139 Å². The summed E-state index contributed by atoms with van der Waals surface area (Å²) in [6.45, 7) is 2.25. The summed E-state index contributed by atoms with van der Waals surface area (Å²) in [7, 11) is -4.14. The number of sulfone groups is 1. The molecular formula is C20H14O10S. The van der Waals surface area contributed by atoms with E-state index in [9.17, 15) is 27.6 Å². The van der Waals surface area contributed by atoms with E-state index in [4.69, 9.17) is 18.9 Å². The molecule has 0 aromatic heterocycles. The summed E-state index contributed by atoms with van der Waals surface area (Å²) in [5, 5.41) is 0. The maximum Gasteiger partial charge on any atom is 0.342 e. The van der Waals surface area contributed by atoms with E-state index in [2.05, 4.69) is 0 Å². The van der Waals surface area contributed by atoms with Crippen molar-refractivity contribution in [2.75, 3.05) is 0 Å². The lowest BCUT2D eigenvalue weighted by molar-refractivity contribution is -0.166. The maximum atomic E-state index is 13.2. The second-order valence-electron chi connectivity index (χ2n) is 6.69. The largest absolute Gasteiger partial charge is 0.421 e. The van der Waals surface area contributed by atoms with Crippen LogP contribution in [-0.4, -0.2) is 32.3 Å². The molecule has 0 N–H and O–H groups in total. The zero-order chi connectivity index (χ0) is 22.5. The third kappa shape index (κ3) is 3.52. The van der Waals surface area contributed by atoms with Crippen molar-refractivity contribution < 1.29 is 46.5 Å². The van der Waals surface area contributed by atoms with Gasteiger partial charge in [0, 0.05) is 25.0 Å². The van der Waals surface area contributed by atoms with Gasteiger partial charge >= 0.3 is 23.9 Å². The first-order chi connectivity index (χ1) is 14.6. The van der Waals surface area contributed by atoms with Crippen LogP contribution < -0.4 is 0 Å². The van der Waals surface area contributed by atoms with Crippen molar-refractivity contribution in [2.24, 2.45) is 0 Å². The van der Waals surface area contributed by atoms with E-state index in [0.717, 1.165) is 13.8 Å². The van der Waals surface area contributed by atoms with Crippen LogP contribution in [0.2, 0.25) is 0 Å². The van der Waals surface area contributed by atoms with E-state index >= 15 is 0 Å². The Labute approximate surface area is 175 Å². The molecule has 0 saturated carbocycles. The standard InChI is InChI=1S/C20H14O10S/c1-9(21)27-19-15-7-11(3-5-13(15)17(23)29-19)31(25,26)12-4-6-14-16(8-12)20(28-10(2)22)30-18(14)24/h3-8,19-20H,1-2H3. The lowest BCUT2D eigenvalue weighted by Crippen LogP contribution is -2.10. The minimum atomic E-state index is -4.14. The molecule has 2 aliphatic rings. The third-order valence-corrected chi connectivity index (χ3v) is 6.34. The molecule has 31 heavy (non-hydrogen) atoms. The molecule has 2 unspecified atom stereocenters. The number of ether oxygens (including phenoxy) is 4. The molecule has 4 rings (SSSR count). The number of hydrogen-bond acceptors (Lipinski definition) is 10. The van der Waals surface area contributed by atoms with Gasteiger partial charge in [-0.1, -0.05) is 0 Å². The van der Waals surface area contributed by atoms with Crippen LogP contribution in [0.3, 0.4) is 0 Å². The highest BCUT2D eigenvalue weighted by Gasteiger charge is 2.37. The Hall–Kier alpha value is -3.73. The average molecular weight is 446 g/mol. The molecule has 0 aliphatic carbocycles. The van der Waals surface area contributed by atoms with Crippen LogP contribution in [0.15, 0.2) is 46.2 Å². The first kappa shape index (κ1) is 20.5. The number of carbonyl (C=O) groups excluding carboxylic acids is 4. The predicted octanol–water partition coefficient (Wildman–Crippen LogP) is 1.98. The molecule has 2 heterocycles. The summed E-state index contributed by atoms with van der Waals surface area (Å²) in [5.74, 6) is -2.91. The Morgan fingerprint density at radius 2 is 1.16 bits per heavy atom. The van der Waals surface area contributed by atoms with Gasteiger partial charge in [0.25, 0.3) is 12.6 Å². The highest BCUT2D eigenvalue weighted by atomic mass is 32.2. The van der Waals surface area contributed by atoms with Crippen LogP contribution >= 0.6 is 0 Å². The zero-order valence-electron chi connectivity index (χ0n) is 16.1. The zero-order valence-corrected chi connectivity index (χ0v) is 16.9. The highest BCUT2D eigenvalue weighted by Crippen LogP contribution is 2.37. The minimum Gasteiger partial charge on any atom is -0.421 e. The first-order valence-electron chi connectivity index (χ1n) is 8.87. The van der Waals surface area contributed by atoms with E-state index in [1.807, 2.05) is 0 Å². The molecule has 2 atom stereocenters. The second kappa shape index (κ2) is 7.20. The van der Waals surface area contributed by atoms with Gasteiger partial charge in [0.05, 0.1) is 20.9 Å². The Bertz CT molecular complexity index is 1170. The lowest BCUT2D eigenvalue weighted by atomic mass is 10.1. The number of carbonyl (C=O) groups is 4. The molecular weight excluding hydrogens is 432 g/mol. The van der Waals surface area contributed by atoms with E-state index in [0.29, 0.717) is 0 Å². The van der Waals surface area contributed by atoms with Gasteiger partial charge in [0.1, 0.15) is 0 Å². The quantitative estimate of drug-likeness (QED) is 0.640. The summed E-state index contributed by atoms with van der Waals surface area (Å²) >= 11 is 0. The van der Waals surface area contributed by atoms with Crippen molar-refractivity contribution in [2.45, 2.75) is 36.2 Å². The molecule has 10 nitrogen and oxygen atoms in total. The first-order valence-corrected chi connectivity index (χ1v) is 10.4. The molecule has 11 heteroatoms. The molecule has 0 radical (unpaired) electrons. The minimum absolute atomic E-state index is 0.0769. The summed E-state index contributed by atoms with van der Waals surface area (Å²) in [4.78, 5) is 46.0. The van der Waals surface area contributed by atoms with Gasteiger partial charge in [-0.25, -0.2) is 18.0 Å².